The van der Waals surface area contributed by atoms with E-state index in [4.69, 9.17) is 9.72 Å². The second-order valence-corrected chi connectivity index (χ2v) is 8.70. The molecule has 2 fully saturated rings. The zero-order valence-corrected chi connectivity index (χ0v) is 17.4. The number of amides is 1. The number of rotatable bonds is 4. The van der Waals surface area contributed by atoms with Gasteiger partial charge in [0.2, 0.25) is 5.91 Å². The first kappa shape index (κ1) is 20.0. The highest BCUT2D eigenvalue weighted by Crippen LogP contribution is 2.29. The van der Waals surface area contributed by atoms with E-state index < -0.39 is 0 Å². The third-order valence-electron chi connectivity index (χ3n) is 5.38. The third-order valence-corrected chi connectivity index (χ3v) is 5.38. The largest absolute Gasteiger partial charge is 0.378 e. The van der Waals surface area contributed by atoms with Crippen LogP contribution in [0.1, 0.15) is 45.1 Å². The highest BCUT2D eigenvalue weighted by Gasteiger charge is 2.36. The first-order valence-corrected chi connectivity index (χ1v) is 9.91. The van der Waals surface area contributed by atoms with Crippen molar-refractivity contribution in [3.05, 3.63) is 17.6 Å². The molecule has 0 aliphatic carbocycles. The Morgan fingerprint density at radius 2 is 1.89 bits per heavy atom. The maximum absolute atomic E-state index is 13.2. The van der Waals surface area contributed by atoms with Gasteiger partial charge in [-0.3, -0.25) is 4.79 Å². The minimum atomic E-state index is -0.158. The lowest BCUT2D eigenvalue weighted by atomic mass is 9.95. The Labute approximate surface area is 162 Å². The van der Waals surface area contributed by atoms with Crippen molar-refractivity contribution < 1.29 is 9.53 Å². The van der Waals surface area contributed by atoms with Gasteiger partial charge in [0.1, 0.15) is 17.7 Å². The van der Waals surface area contributed by atoms with Crippen molar-refractivity contribution >= 4 is 11.7 Å². The molecule has 1 aromatic rings. The Morgan fingerprint density at radius 3 is 2.52 bits per heavy atom. The van der Waals surface area contributed by atoms with Crippen LogP contribution in [0.3, 0.4) is 0 Å². The summed E-state index contributed by atoms with van der Waals surface area (Å²) in [5, 5.41) is 0. The number of hydrogen-bond acceptors (Lipinski definition) is 6. The van der Waals surface area contributed by atoms with Crippen molar-refractivity contribution in [2.24, 2.45) is 0 Å². The second-order valence-electron chi connectivity index (χ2n) is 8.70. The van der Waals surface area contributed by atoms with E-state index in [0.717, 1.165) is 62.9 Å². The molecule has 0 N–H and O–H groups in total. The highest BCUT2D eigenvalue weighted by atomic mass is 16.5. The van der Waals surface area contributed by atoms with Gasteiger partial charge in [-0.05, 0) is 19.9 Å². The van der Waals surface area contributed by atoms with Gasteiger partial charge in [0, 0.05) is 51.3 Å². The SMILES string of the molecule is COCc1cc(N2CCCC2C(=O)N2CCN(C)CC2)nc(C(C)(C)C)n1. The number of anilines is 1. The molecule has 3 heterocycles. The minimum absolute atomic E-state index is 0.119. The summed E-state index contributed by atoms with van der Waals surface area (Å²) in [6.45, 7) is 11.1. The summed E-state index contributed by atoms with van der Waals surface area (Å²) in [5.41, 5.74) is 0.708. The van der Waals surface area contributed by atoms with Crippen molar-refractivity contribution in [2.75, 3.05) is 51.8 Å². The summed E-state index contributed by atoms with van der Waals surface area (Å²) in [6, 6.07) is 1.86. The Bertz CT molecular complexity index is 665. The number of ether oxygens (including phenoxy) is 1. The minimum Gasteiger partial charge on any atom is -0.378 e. The van der Waals surface area contributed by atoms with Gasteiger partial charge in [0.05, 0.1) is 12.3 Å². The van der Waals surface area contributed by atoms with Gasteiger partial charge in [-0.2, -0.15) is 0 Å². The zero-order chi connectivity index (χ0) is 19.6. The maximum atomic E-state index is 13.2. The van der Waals surface area contributed by atoms with Gasteiger partial charge in [-0.25, -0.2) is 9.97 Å². The molecule has 0 bridgehead atoms. The van der Waals surface area contributed by atoms with E-state index in [1.165, 1.54) is 0 Å². The Kier molecular flexibility index (Phi) is 6.01. The van der Waals surface area contributed by atoms with E-state index in [2.05, 4.69) is 42.6 Å². The maximum Gasteiger partial charge on any atom is 0.245 e. The molecule has 1 atom stereocenters. The molecule has 0 saturated carbocycles. The quantitative estimate of drug-likeness (QED) is 0.798. The van der Waals surface area contributed by atoms with Gasteiger partial charge in [-0.1, -0.05) is 20.8 Å². The number of piperazine rings is 1. The second kappa shape index (κ2) is 8.10. The molecule has 2 saturated heterocycles. The molecule has 7 heteroatoms. The average Bonchev–Trinajstić information content (AvgIpc) is 3.11. The van der Waals surface area contributed by atoms with Crippen molar-refractivity contribution in [1.82, 2.24) is 19.8 Å². The van der Waals surface area contributed by atoms with Crippen LogP contribution in [0.25, 0.3) is 0 Å². The van der Waals surface area contributed by atoms with E-state index in [1.54, 1.807) is 7.11 Å². The number of likely N-dealkylation sites (N-methyl/N-ethyl adjacent to an activating group) is 1. The van der Waals surface area contributed by atoms with E-state index in [-0.39, 0.29) is 17.4 Å². The normalized spacial score (nSPS) is 21.7. The topological polar surface area (TPSA) is 61.8 Å². The lowest BCUT2D eigenvalue weighted by molar-refractivity contribution is -0.134. The van der Waals surface area contributed by atoms with Crippen LogP contribution in [-0.4, -0.2) is 78.6 Å². The molecular weight excluding hydrogens is 342 g/mol. The average molecular weight is 376 g/mol. The van der Waals surface area contributed by atoms with Crippen LogP contribution in [0.4, 0.5) is 5.82 Å². The van der Waals surface area contributed by atoms with Gasteiger partial charge >= 0.3 is 0 Å². The molecule has 27 heavy (non-hydrogen) atoms. The molecule has 1 amide bonds. The van der Waals surface area contributed by atoms with Gasteiger partial charge in [0.15, 0.2) is 0 Å². The van der Waals surface area contributed by atoms with Crippen molar-refractivity contribution in [1.29, 1.82) is 0 Å². The van der Waals surface area contributed by atoms with E-state index in [0.29, 0.717) is 6.61 Å². The predicted octanol–water partition coefficient (Wildman–Crippen LogP) is 1.66. The zero-order valence-electron chi connectivity index (χ0n) is 17.4. The number of carbonyl (C=O) groups is 1. The van der Waals surface area contributed by atoms with Crippen LogP contribution in [0.5, 0.6) is 0 Å². The first-order chi connectivity index (χ1) is 12.8. The first-order valence-electron chi connectivity index (χ1n) is 9.91. The summed E-state index contributed by atoms with van der Waals surface area (Å²) < 4.78 is 5.30. The molecule has 0 radical (unpaired) electrons. The molecule has 2 aliphatic rings. The molecule has 3 rings (SSSR count). The van der Waals surface area contributed by atoms with E-state index >= 15 is 0 Å². The standard InChI is InChI=1S/C20H33N5O2/c1-20(2,3)19-21-15(14-27-5)13-17(22-19)25-8-6-7-16(25)18(26)24-11-9-23(4)10-12-24/h13,16H,6-12,14H2,1-5H3. The molecule has 1 aromatic heterocycles. The Balaban J connectivity index is 1.85. The fraction of sp³-hybridized carbons (Fsp3) is 0.750. The third kappa shape index (κ3) is 4.58. The van der Waals surface area contributed by atoms with Crippen molar-refractivity contribution in [2.45, 2.75) is 51.7 Å². The number of methoxy groups -OCH3 is 1. The lowest BCUT2D eigenvalue weighted by Crippen LogP contribution is -2.53. The van der Waals surface area contributed by atoms with E-state index in [1.807, 2.05) is 11.0 Å². The monoisotopic (exact) mass is 375 g/mol. The molecule has 150 valence electrons. The molecular formula is C20H33N5O2. The predicted molar refractivity (Wildman–Crippen MR) is 106 cm³/mol. The molecule has 2 aliphatic heterocycles. The van der Waals surface area contributed by atoms with E-state index in [9.17, 15) is 4.79 Å². The smallest absolute Gasteiger partial charge is 0.245 e. The summed E-state index contributed by atoms with van der Waals surface area (Å²) in [6.07, 6.45) is 1.90. The number of aromatic nitrogens is 2. The number of carbonyl (C=O) groups excluding carboxylic acids is 1. The molecule has 1 unspecified atom stereocenters. The van der Waals surface area contributed by atoms with Gasteiger partial charge in [0.25, 0.3) is 0 Å². The lowest BCUT2D eigenvalue weighted by Gasteiger charge is -2.36. The summed E-state index contributed by atoms with van der Waals surface area (Å²) >= 11 is 0. The number of hydrogen-bond donors (Lipinski definition) is 0. The Hall–Kier alpha value is -1.73. The fourth-order valence-corrected chi connectivity index (χ4v) is 3.72. The van der Waals surface area contributed by atoms with Crippen molar-refractivity contribution in [3.8, 4) is 0 Å². The van der Waals surface area contributed by atoms with Crippen LogP contribution in [-0.2, 0) is 21.6 Å². The number of nitrogens with zero attached hydrogens (tertiary/aromatic N) is 5. The van der Waals surface area contributed by atoms with Gasteiger partial charge < -0.3 is 19.4 Å². The van der Waals surface area contributed by atoms with Crippen LogP contribution >= 0.6 is 0 Å². The summed E-state index contributed by atoms with van der Waals surface area (Å²) in [7, 11) is 3.78. The van der Waals surface area contributed by atoms with Crippen LogP contribution < -0.4 is 4.90 Å². The highest BCUT2D eigenvalue weighted by molar-refractivity contribution is 5.85. The Morgan fingerprint density at radius 1 is 1.19 bits per heavy atom. The molecule has 0 aromatic carbocycles. The molecule has 7 nitrogen and oxygen atoms in total. The van der Waals surface area contributed by atoms with Gasteiger partial charge in [-0.15, -0.1) is 0 Å². The van der Waals surface area contributed by atoms with Crippen LogP contribution in [0, 0.1) is 0 Å². The summed E-state index contributed by atoms with van der Waals surface area (Å²) in [4.78, 5) is 29.2. The fourth-order valence-electron chi connectivity index (χ4n) is 3.72. The molecule has 0 spiro atoms. The summed E-state index contributed by atoms with van der Waals surface area (Å²) in [5.74, 6) is 1.89. The van der Waals surface area contributed by atoms with Crippen LogP contribution in [0.2, 0.25) is 0 Å². The van der Waals surface area contributed by atoms with Crippen LogP contribution in [0.15, 0.2) is 6.07 Å². The van der Waals surface area contributed by atoms with Crippen molar-refractivity contribution in [3.63, 3.8) is 0 Å².